The van der Waals surface area contributed by atoms with E-state index in [1.54, 1.807) is 59.0 Å². The van der Waals surface area contributed by atoms with Crippen molar-refractivity contribution in [1.29, 1.82) is 0 Å². The van der Waals surface area contributed by atoms with Crippen molar-refractivity contribution in [3.05, 3.63) is 96.1 Å². The van der Waals surface area contributed by atoms with Crippen LogP contribution in [0, 0.1) is 5.82 Å². The van der Waals surface area contributed by atoms with Gasteiger partial charge in [0, 0.05) is 40.0 Å². The zero-order valence-electron chi connectivity index (χ0n) is 23.6. The lowest BCUT2D eigenvalue weighted by Gasteiger charge is -2.34. The number of fused-ring (bicyclic) bond motifs is 2. The molecule has 4 aromatic heterocycles. The molecule has 5 heterocycles. The number of hydrogen-bond acceptors (Lipinski definition) is 9. The van der Waals surface area contributed by atoms with Gasteiger partial charge in [0.25, 0.3) is 5.91 Å². The van der Waals surface area contributed by atoms with Gasteiger partial charge in [0.2, 0.25) is 0 Å². The Morgan fingerprint density at radius 1 is 1.07 bits per heavy atom. The fourth-order valence-corrected chi connectivity index (χ4v) is 6.59. The second-order valence-corrected chi connectivity index (χ2v) is 11.5. The van der Waals surface area contributed by atoms with Gasteiger partial charge in [-0.3, -0.25) is 9.69 Å². The van der Waals surface area contributed by atoms with E-state index in [4.69, 9.17) is 4.74 Å². The van der Waals surface area contributed by atoms with E-state index in [-0.39, 0.29) is 11.6 Å². The van der Waals surface area contributed by atoms with Crippen molar-refractivity contribution >= 4 is 50.3 Å². The fraction of sp³-hybridized carbons (Fsp3) is 0.188. The van der Waals surface area contributed by atoms with Gasteiger partial charge >= 0.3 is 5.97 Å². The van der Waals surface area contributed by atoms with Crippen molar-refractivity contribution in [3.63, 3.8) is 0 Å². The molecular formula is C32H26FN7O3S. The third kappa shape index (κ3) is 4.97. The number of carbonyl (C=O) groups excluding carboxylic acids is 2. The summed E-state index contributed by atoms with van der Waals surface area (Å²) in [6.45, 7) is 1.41. The molecule has 10 nitrogen and oxygen atoms in total. The Labute approximate surface area is 255 Å². The quantitative estimate of drug-likeness (QED) is 0.250. The van der Waals surface area contributed by atoms with Crippen LogP contribution in [-0.2, 0) is 4.74 Å². The van der Waals surface area contributed by atoms with Crippen LogP contribution in [0.15, 0.2) is 79.1 Å². The van der Waals surface area contributed by atoms with Crippen LogP contribution in [0.4, 0.5) is 10.2 Å². The Bertz CT molecular complexity index is 2020. The summed E-state index contributed by atoms with van der Waals surface area (Å²) in [6, 6.07) is 18.8. The number of ether oxygens (including phenoxy) is 1. The Morgan fingerprint density at radius 3 is 2.70 bits per heavy atom. The molecule has 1 aliphatic heterocycles. The first-order valence-corrected chi connectivity index (χ1v) is 14.9. The summed E-state index contributed by atoms with van der Waals surface area (Å²) < 4.78 is 23.0. The number of pyridine rings is 2. The number of carbonyl (C=O) groups is 2. The molecule has 6 aromatic rings. The molecule has 1 N–H and O–H groups in total. The predicted molar refractivity (Wildman–Crippen MR) is 166 cm³/mol. The number of rotatable bonds is 6. The second kappa shape index (κ2) is 11.5. The van der Waals surface area contributed by atoms with Crippen LogP contribution in [0.3, 0.4) is 0 Å². The van der Waals surface area contributed by atoms with Crippen molar-refractivity contribution in [1.82, 2.24) is 30.3 Å². The van der Waals surface area contributed by atoms with Gasteiger partial charge in [-0.2, -0.15) is 4.68 Å². The lowest BCUT2D eigenvalue weighted by Crippen LogP contribution is -2.49. The van der Waals surface area contributed by atoms with Crippen LogP contribution in [0.5, 0.6) is 0 Å². The maximum atomic E-state index is 15.8. The average molecular weight is 608 g/mol. The largest absolute Gasteiger partial charge is 0.465 e. The zero-order chi connectivity index (χ0) is 30.2. The minimum Gasteiger partial charge on any atom is -0.465 e. The summed E-state index contributed by atoms with van der Waals surface area (Å²) in [6.07, 6.45) is 4.92. The molecule has 2 aromatic carbocycles. The van der Waals surface area contributed by atoms with Gasteiger partial charge in [0.05, 0.1) is 30.0 Å². The van der Waals surface area contributed by atoms with Crippen LogP contribution in [0.1, 0.15) is 33.6 Å². The topological polar surface area (TPSA) is 115 Å². The fourth-order valence-electron chi connectivity index (χ4n) is 5.54. The van der Waals surface area contributed by atoms with Crippen molar-refractivity contribution in [2.24, 2.45) is 0 Å². The third-order valence-electron chi connectivity index (χ3n) is 7.73. The highest BCUT2D eigenvalue weighted by Gasteiger charge is 2.32. The van der Waals surface area contributed by atoms with E-state index >= 15 is 4.39 Å². The van der Waals surface area contributed by atoms with Crippen LogP contribution >= 0.6 is 11.3 Å². The van der Waals surface area contributed by atoms with E-state index in [0.717, 1.165) is 39.9 Å². The van der Waals surface area contributed by atoms with Gasteiger partial charge in [-0.05, 0) is 73.5 Å². The first-order chi connectivity index (χ1) is 21.5. The van der Waals surface area contributed by atoms with Gasteiger partial charge in [-0.1, -0.05) is 17.3 Å². The Kier molecular flexibility index (Phi) is 7.28. The summed E-state index contributed by atoms with van der Waals surface area (Å²) in [5.74, 6) is -1.07. The number of piperidine rings is 1. The van der Waals surface area contributed by atoms with E-state index < -0.39 is 17.7 Å². The molecule has 1 atom stereocenters. The summed E-state index contributed by atoms with van der Waals surface area (Å²) in [4.78, 5) is 37.7. The molecule has 0 saturated carbocycles. The molecule has 0 bridgehead atoms. The van der Waals surface area contributed by atoms with E-state index in [0.29, 0.717) is 34.8 Å². The number of benzene rings is 2. The number of amides is 1. The van der Waals surface area contributed by atoms with Gasteiger partial charge in [-0.15, -0.1) is 16.4 Å². The number of aromatic nitrogens is 5. The molecule has 44 heavy (non-hydrogen) atoms. The minimum absolute atomic E-state index is 0.0654. The molecule has 0 unspecified atom stereocenters. The van der Waals surface area contributed by atoms with Gasteiger partial charge in [-0.25, -0.2) is 19.2 Å². The maximum absolute atomic E-state index is 15.8. The third-order valence-corrected chi connectivity index (χ3v) is 8.88. The monoisotopic (exact) mass is 607 g/mol. The summed E-state index contributed by atoms with van der Waals surface area (Å²) >= 11 is 1.56. The van der Waals surface area contributed by atoms with E-state index in [1.807, 2.05) is 24.3 Å². The lowest BCUT2D eigenvalue weighted by molar-refractivity contribution is 0.0600. The van der Waals surface area contributed by atoms with Crippen LogP contribution in [0.2, 0.25) is 0 Å². The Balaban J connectivity index is 1.28. The van der Waals surface area contributed by atoms with Crippen molar-refractivity contribution in [3.8, 4) is 16.1 Å². The number of thiophene rings is 1. The highest BCUT2D eigenvalue weighted by molar-refractivity contribution is 7.22. The number of nitrogens with one attached hydrogen (secondary N) is 1. The molecule has 7 rings (SSSR count). The van der Waals surface area contributed by atoms with E-state index in [9.17, 15) is 9.59 Å². The summed E-state index contributed by atoms with van der Waals surface area (Å²) in [5.41, 5.74) is 2.79. The summed E-state index contributed by atoms with van der Waals surface area (Å²) in [7, 11) is 1.35. The number of anilines is 1. The molecule has 0 radical (unpaired) electrons. The normalized spacial score (nSPS) is 15.0. The summed E-state index contributed by atoms with van der Waals surface area (Å²) in [5, 5.41) is 12.4. The number of esters is 1. The van der Waals surface area contributed by atoms with Crippen LogP contribution < -0.4 is 10.2 Å². The molecule has 0 spiro atoms. The predicted octanol–water partition coefficient (Wildman–Crippen LogP) is 5.42. The molecule has 1 aliphatic rings. The molecule has 1 saturated heterocycles. The molecule has 1 amide bonds. The first kappa shape index (κ1) is 27.7. The molecule has 220 valence electrons. The highest BCUT2D eigenvalue weighted by atomic mass is 32.1. The molecule has 1 fully saturated rings. The maximum Gasteiger partial charge on any atom is 0.337 e. The Hall–Kier alpha value is -5.07. The Morgan fingerprint density at radius 2 is 1.93 bits per heavy atom. The molecular weight excluding hydrogens is 581 g/mol. The standard InChI is InChI=1S/C32H26FN7O3S/c1-43-32(42)20-8-6-19(7-9-20)28-17-24-27(44-28)12-15-36-29(24)39(22-4-2-13-34-18-22)31(41)23-11-10-21(16-25(23)33)40-30-26(37-38-40)5-3-14-35-30/h3,5-12,14-17,22,34H,2,4,13,18H2,1H3/t22-/m1/s1. The van der Waals surface area contributed by atoms with Gasteiger partial charge in [0.15, 0.2) is 5.65 Å². The number of hydrogen-bond donors (Lipinski definition) is 1. The average Bonchev–Trinajstić information content (AvgIpc) is 3.70. The lowest BCUT2D eigenvalue weighted by atomic mass is 10.0. The van der Waals surface area contributed by atoms with Crippen LogP contribution in [-0.4, -0.2) is 63.1 Å². The molecule has 0 aliphatic carbocycles. The number of halogens is 1. The van der Waals surface area contributed by atoms with Gasteiger partial charge in [0.1, 0.15) is 17.2 Å². The molecule has 12 heteroatoms. The first-order valence-electron chi connectivity index (χ1n) is 14.1. The second-order valence-electron chi connectivity index (χ2n) is 10.4. The van der Waals surface area contributed by atoms with Crippen LogP contribution in [0.25, 0.3) is 37.4 Å². The number of nitrogens with zero attached hydrogens (tertiary/aromatic N) is 6. The van der Waals surface area contributed by atoms with Crippen molar-refractivity contribution in [2.75, 3.05) is 25.1 Å². The highest BCUT2D eigenvalue weighted by Crippen LogP contribution is 2.39. The zero-order valence-corrected chi connectivity index (χ0v) is 24.4. The van der Waals surface area contributed by atoms with Crippen molar-refractivity contribution in [2.45, 2.75) is 18.9 Å². The minimum atomic E-state index is -0.676. The smallest absolute Gasteiger partial charge is 0.337 e. The van der Waals surface area contributed by atoms with Crippen molar-refractivity contribution < 1.29 is 18.7 Å². The number of methoxy groups -OCH3 is 1. The van der Waals surface area contributed by atoms with E-state index in [2.05, 4.69) is 25.6 Å². The van der Waals surface area contributed by atoms with E-state index in [1.165, 1.54) is 23.9 Å². The van der Waals surface area contributed by atoms with Gasteiger partial charge < -0.3 is 10.1 Å². The SMILES string of the molecule is COC(=O)c1ccc(-c2cc3c(N(C(=O)c4ccc(-n5nnc6cccnc65)cc4F)[C@@H]4CCCNC4)nccc3s2)cc1.